The van der Waals surface area contributed by atoms with E-state index >= 15 is 0 Å². The molecule has 98 valence electrons. The van der Waals surface area contributed by atoms with Crippen LogP contribution >= 0.6 is 0 Å². The maximum absolute atomic E-state index is 4.30. The first kappa shape index (κ1) is 12.3. The van der Waals surface area contributed by atoms with E-state index in [1.807, 2.05) is 18.5 Å². The Hall–Kier alpha value is -1.74. The van der Waals surface area contributed by atoms with Crippen molar-refractivity contribution in [3.05, 3.63) is 60.2 Å². The molecule has 3 heteroatoms. The molecule has 1 aromatic carbocycles. The summed E-state index contributed by atoms with van der Waals surface area (Å²) in [5, 5.41) is 0. The van der Waals surface area contributed by atoms with Crippen LogP contribution in [-0.4, -0.2) is 28.0 Å². The quantitative estimate of drug-likeness (QED) is 0.842. The lowest BCUT2D eigenvalue weighted by atomic mass is 9.89. The highest BCUT2D eigenvalue weighted by atomic mass is 15.1. The molecule has 0 unspecified atom stereocenters. The van der Waals surface area contributed by atoms with Crippen LogP contribution < -0.4 is 0 Å². The van der Waals surface area contributed by atoms with E-state index in [9.17, 15) is 0 Å². The zero-order valence-electron chi connectivity index (χ0n) is 11.1. The summed E-state index contributed by atoms with van der Waals surface area (Å²) in [7, 11) is 0. The number of rotatable bonds is 3. The molecule has 0 N–H and O–H groups in total. The Labute approximate surface area is 114 Å². The van der Waals surface area contributed by atoms with Gasteiger partial charge in [-0.3, -0.25) is 4.90 Å². The molecular formula is C16H19N3. The first-order valence-corrected chi connectivity index (χ1v) is 6.95. The standard InChI is InChI=1S/C16H19N3/c1-2-5-14(6-3-1)15-7-11-19(12-8-15)13-16-17-9-4-10-18-16/h1-6,9-10,15H,7-8,11-13H2. The summed E-state index contributed by atoms with van der Waals surface area (Å²) in [4.78, 5) is 11.0. The lowest BCUT2D eigenvalue weighted by Gasteiger charge is -2.31. The molecule has 0 spiro atoms. The van der Waals surface area contributed by atoms with Crippen molar-refractivity contribution in [1.82, 2.24) is 14.9 Å². The van der Waals surface area contributed by atoms with E-state index in [0.717, 1.165) is 25.5 Å². The van der Waals surface area contributed by atoms with Crippen molar-refractivity contribution in [2.75, 3.05) is 13.1 Å². The van der Waals surface area contributed by atoms with E-state index in [4.69, 9.17) is 0 Å². The third-order valence-corrected chi connectivity index (χ3v) is 3.84. The van der Waals surface area contributed by atoms with Crippen LogP contribution in [0.4, 0.5) is 0 Å². The molecule has 0 aliphatic carbocycles. The molecule has 0 bridgehead atoms. The molecule has 1 aliphatic rings. The summed E-state index contributed by atoms with van der Waals surface area (Å²) < 4.78 is 0. The predicted molar refractivity (Wildman–Crippen MR) is 75.7 cm³/mol. The fourth-order valence-electron chi connectivity index (χ4n) is 2.76. The fourth-order valence-corrected chi connectivity index (χ4v) is 2.76. The van der Waals surface area contributed by atoms with Gasteiger partial charge in [-0.2, -0.15) is 0 Å². The van der Waals surface area contributed by atoms with Gasteiger partial charge in [0.15, 0.2) is 0 Å². The lowest BCUT2D eigenvalue weighted by molar-refractivity contribution is 0.200. The van der Waals surface area contributed by atoms with Crippen LogP contribution in [0.5, 0.6) is 0 Å². The van der Waals surface area contributed by atoms with Gasteiger partial charge in [-0.05, 0) is 43.5 Å². The molecule has 2 aromatic rings. The summed E-state index contributed by atoms with van der Waals surface area (Å²) in [5.74, 6) is 1.65. The highest BCUT2D eigenvalue weighted by molar-refractivity contribution is 5.20. The van der Waals surface area contributed by atoms with Crippen molar-refractivity contribution in [3.8, 4) is 0 Å². The van der Waals surface area contributed by atoms with Crippen molar-refractivity contribution >= 4 is 0 Å². The molecule has 3 nitrogen and oxygen atoms in total. The normalized spacial score (nSPS) is 17.5. The lowest BCUT2D eigenvalue weighted by Crippen LogP contribution is -2.33. The van der Waals surface area contributed by atoms with Crippen LogP contribution in [0.1, 0.15) is 30.1 Å². The van der Waals surface area contributed by atoms with Crippen LogP contribution in [0.25, 0.3) is 0 Å². The van der Waals surface area contributed by atoms with E-state index < -0.39 is 0 Å². The molecule has 0 atom stereocenters. The largest absolute Gasteiger partial charge is 0.296 e. The second-order valence-corrected chi connectivity index (χ2v) is 5.13. The van der Waals surface area contributed by atoms with Crippen molar-refractivity contribution in [2.45, 2.75) is 25.3 Å². The van der Waals surface area contributed by atoms with Crippen LogP contribution in [0.15, 0.2) is 48.8 Å². The SMILES string of the molecule is c1ccc(C2CCN(Cc3ncccn3)CC2)cc1. The minimum absolute atomic E-state index is 0.717. The Morgan fingerprint density at radius 1 is 0.947 bits per heavy atom. The molecule has 1 aromatic heterocycles. The molecule has 19 heavy (non-hydrogen) atoms. The average molecular weight is 253 g/mol. The maximum atomic E-state index is 4.30. The van der Waals surface area contributed by atoms with Crippen molar-refractivity contribution in [2.24, 2.45) is 0 Å². The third-order valence-electron chi connectivity index (χ3n) is 3.84. The van der Waals surface area contributed by atoms with E-state index in [0.29, 0.717) is 5.92 Å². The predicted octanol–water partition coefficient (Wildman–Crippen LogP) is 2.86. The van der Waals surface area contributed by atoms with E-state index in [1.165, 1.54) is 18.4 Å². The highest BCUT2D eigenvalue weighted by Gasteiger charge is 2.20. The van der Waals surface area contributed by atoms with Gasteiger partial charge >= 0.3 is 0 Å². The monoisotopic (exact) mass is 253 g/mol. The summed E-state index contributed by atoms with van der Waals surface area (Å²) >= 11 is 0. The minimum Gasteiger partial charge on any atom is -0.296 e. The summed E-state index contributed by atoms with van der Waals surface area (Å²) in [5.41, 5.74) is 1.48. The number of piperidine rings is 1. The maximum Gasteiger partial charge on any atom is 0.142 e. The van der Waals surface area contributed by atoms with Crippen LogP contribution in [0, 0.1) is 0 Å². The third kappa shape index (κ3) is 3.18. The van der Waals surface area contributed by atoms with Gasteiger partial charge in [0.05, 0.1) is 6.54 Å². The average Bonchev–Trinajstić information content (AvgIpc) is 2.50. The Balaban J connectivity index is 1.55. The van der Waals surface area contributed by atoms with Gasteiger partial charge in [-0.1, -0.05) is 30.3 Å². The zero-order valence-corrected chi connectivity index (χ0v) is 11.1. The molecule has 0 saturated carbocycles. The zero-order chi connectivity index (χ0) is 12.9. The van der Waals surface area contributed by atoms with Crippen molar-refractivity contribution in [1.29, 1.82) is 0 Å². The van der Waals surface area contributed by atoms with Crippen LogP contribution in [-0.2, 0) is 6.54 Å². The topological polar surface area (TPSA) is 29.0 Å². The Morgan fingerprint density at radius 2 is 1.63 bits per heavy atom. The van der Waals surface area contributed by atoms with Crippen LogP contribution in [0.2, 0.25) is 0 Å². The van der Waals surface area contributed by atoms with Gasteiger partial charge < -0.3 is 0 Å². The molecule has 2 heterocycles. The van der Waals surface area contributed by atoms with Gasteiger partial charge in [-0.15, -0.1) is 0 Å². The number of aromatic nitrogens is 2. The first-order chi connectivity index (χ1) is 9.42. The molecular weight excluding hydrogens is 234 g/mol. The van der Waals surface area contributed by atoms with Gasteiger partial charge in [-0.25, -0.2) is 9.97 Å². The van der Waals surface area contributed by atoms with E-state index in [1.54, 1.807) is 0 Å². The van der Waals surface area contributed by atoms with Crippen LogP contribution in [0.3, 0.4) is 0 Å². The van der Waals surface area contributed by atoms with Gasteiger partial charge in [0.1, 0.15) is 5.82 Å². The fraction of sp³-hybridized carbons (Fsp3) is 0.375. The molecule has 1 fully saturated rings. The Morgan fingerprint density at radius 3 is 2.32 bits per heavy atom. The molecule has 1 saturated heterocycles. The number of likely N-dealkylation sites (tertiary alicyclic amines) is 1. The molecule has 3 rings (SSSR count). The first-order valence-electron chi connectivity index (χ1n) is 6.95. The van der Waals surface area contributed by atoms with E-state index in [2.05, 4.69) is 45.2 Å². The summed E-state index contributed by atoms with van der Waals surface area (Å²) in [6.45, 7) is 3.15. The number of hydrogen-bond donors (Lipinski definition) is 0. The van der Waals surface area contributed by atoms with Gasteiger partial charge in [0.25, 0.3) is 0 Å². The number of benzene rings is 1. The van der Waals surface area contributed by atoms with Crippen molar-refractivity contribution in [3.63, 3.8) is 0 Å². The number of hydrogen-bond acceptors (Lipinski definition) is 3. The van der Waals surface area contributed by atoms with Gasteiger partial charge in [0.2, 0.25) is 0 Å². The summed E-state index contributed by atoms with van der Waals surface area (Å²) in [6, 6.07) is 12.7. The molecule has 0 radical (unpaired) electrons. The second-order valence-electron chi connectivity index (χ2n) is 5.13. The second kappa shape index (κ2) is 5.93. The number of nitrogens with zero attached hydrogens (tertiary/aromatic N) is 3. The highest BCUT2D eigenvalue weighted by Crippen LogP contribution is 2.27. The Bertz CT molecular complexity index is 490. The minimum atomic E-state index is 0.717. The summed E-state index contributed by atoms with van der Waals surface area (Å²) in [6.07, 6.45) is 6.10. The smallest absolute Gasteiger partial charge is 0.142 e. The Kier molecular flexibility index (Phi) is 3.84. The molecule has 1 aliphatic heterocycles. The molecule has 0 amide bonds. The van der Waals surface area contributed by atoms with E-state index in [-0.39, 0.29) is 0 Å². The van der Waals surface area contributed by atoms with Gasteiger partial charge in [0, 0.05) is 12.4 Å². The van der Waals surface area contributed by atoms with Crippen molar-refractivity contribution < 1.29 is 0 Å².